The Hall–Kier alpha value is -1.86. The lowest BCUT2D eigenvalue weighted by Crippen LogP contribution is -2.33. The van der Waals surface area contributed by atoms with Gasteiger partial charge in [-0.05, 0) is 50.7 Å². The molecule has 0 fully saturated rings. The number of hydrogen-bond acceptors (Lipinski definition) is 5. The highest BCUT2D eigenvalue weighted by Crippen LogP contribution is 2.24. The molecule has 0 bridgehead atoms. The molecule has 23 heavy (non-hydrogen) atoms. The van der Waals surface area contributed by atoms with Crippen molar-refractivity contribution in [3.05, 3.63) is 23.8 Å². The monoisotopic (exact) mass is 339 g/mol. The van der Waals surface area contributed by atoms with Crippen LogP contribution in [0.2, 0.25) is 0 Å². The van der Waals surface area contributed by atoms with Gasteiger partial charge in [-0.25, -0.2) is 0 Å². The molecule has 0 saturated heterocycles. The van der Waals surface area contributed by atoms with Gasteiger partial charge < -0.3 is 19.5 Å². The van der Waals surface area contributed by atoms with Crippen LogP contribution in [0.5, 0.6) is 11.5 Å². The van der Waals surface area contributed by atoms with Crippen LogP contribution in [0.25, 0.3) is 0 Å². The van der Waals surface area contributed by atoms with E-state index in [0.29, 0.717) is 5.11 Å². The predicted molar refractivity (Wildman–Crippen MR) is 96.6 cm³/mol. The van der Waals surface area contributed by atoms with E-state index in [1.54, 1.807) is 14.2 Å². The van der Waals surface area contributed by atoms with Crippen molar-refractivity contribution in [2.75, 3.05) is 34.0 Å². The van der Waals surface area contributed by atoms with Crippen LogP contribution in [-0.2, 0) is 4.74 Å². The van der Waals surface area contributed by atoms with Gasteiger partial charge in [-0.3, -0.25) is 5.43 Å². The van der Waals surface area contributed by atoms with Crippen LogP contribution in [0.15, 0.2) is 23.3 Å². The Kier molecular flexibility index (Phi) is 9.01. The first kappa shape index (κ1) is 19.2. The van der Waals surface area contributed by atoms with Crippen molar-refractivity contribution in [2.24, 2.45) is 5.10 Å². The second-order valence-corrected chi connectivity index (χ2v) is 5.09. The van der Waals surface area contributed by atoms with E-state index >= 15 is 0 Å². The third-order valence-electron chi connectivity index (χ3n) is 3.08. The van der Waals surface area contributed by atoms with Gasteiger partial charge in [0.25, 0.3) is 0 Å². The third kappa shape index (κ3) is 6.83. The molecule has 7 heteroatoms. The van der Waals surface area contributed by atoms with Crippen molar-refractivity contribution in [1.29, 1.82) is 0 Å². The van der Waals surface area contributed by atoms with Crippen LogP contribution in [-0.4, -0.2) is 44.8 Å². The van der Waals surface area contributed by atoms with Gasteiger partial charge in [0, 0.05) is 25.3 Å². The number of hydrazone groups is 1. The maximum absolute atomic E-state index is 5.35. The highest BCUT2D eigenvalue weighted by Gasteiger charge is 2.08. The number of ether oxygens (including phenoxy) is 3. The molecule has 1 aromatic carbocycles. The van der Waals surface area contributed by atoms with Crippen molar-refractivity contribution >= 4 is 23.0 Å². The Bertz CT molecular complexity index is 535. The summed E-state index contributed by atoms with van der Waals surface area (Å²) in [6.07, 6.45) is 0.891. The van der Waals surface area contributed by atoms with E-state index in [9.17, 15) is 0 Å². The number of nitrogens with one attached hydrogen (secondary N) is 2. The second-order valence-electron chi connectivity index (χ2n) is 4.68. The first-order valence-electron chi connectivity index (χ1n) is 7.50. The number of hydrogen-bond donors (Lipinski definition) is 2. The summed E-state index contributed by atoms with van der Waals surface area (Å²) in [4.78, 5) is 0. The molecule has 0 amide bonds. The first-order valence-corrected chi connectivity index (χ1v) is 7.91. The summed E-state index contributed by atoms with van der Waals surface area (Å²) in [6.45, 7) is 6.04. The lowest BCUT2D eigenvalue weighted by molar-refractivity contribution is 0.145. The summed E-state index contributed by atoms with van der Waals surface area (Å²) in [5.41, 5.74) is 4.43. The normalized spacial score (nSPS) is 11.0. The molecular weight excluding hydrogens is 314 g/mol. The van der Waals surface area contributed by atoms with Crippen LogP contribution >= 0.6 is 12.2 Å². The first-order chi connectivity index (χ1) is 11.1. The minimum atomic E-state index is 0.475. The Labute approximate surface area is 143 Å². The van der Waals surface area contributed by atoms with E-state index in [0.717, 1.165) is 49.0 Å². The van der Waals surface area contributed by atoms with Gasteiger partial charge in [0.1, 0.15) is 11.5 Å². The zero-order valence-corrected chi connectivity index (χ0v) is 15.0. The molecule has 0 aliphatic heterocycles. The van der Waals surface area contributed by atoms with E-state index in [4.69, 9.17) is 26.4 Å². The van der Waals surface area contributed by atoms with Gasteiger partial charge in [-0.1, -0.05) is 0 Å². The number of methoxy groups -OCH3 is 2. The highest BCUT2D eigenvalue weighted by atomic mass is 32.1. The average Bonchev–Trinajstić information content (AvgIpc) is 2.58. The van der Waals surface area contributed by atoms with Gasteiger partial charge in [0.05, 0.1) is 19.9 Å². The van der Waals surface area contributed by atoms with E-state index in [1.165, 1.54) is 0 Å². The summed E-state index contributed by atoms with van der Waals surface area (Å²) in [5.74, 6) is 1.47. The minimum Gasteiger partial charge on any atom is -0.497 e. The summed E-state index contributed by atoms with van der Waals surface area (Å²) in [7, 11) is 3.24. The molecular formula is C16H25N3O3S. The fourth-order valence-corrected chi connectivity index (χ4v) is 2.00. The lowest BCUT2D eigenvalue weighted by atomic mass is 10.1. The van der Waals surface area contributed by atoms with Gasteiger partial charge >= 0.3 is 0 Å². The molecule has 6 nitrogen and oxygen atoms in total. The van der Waals surface area contributed by atoms with Crippen molar-refractivity contribution in [2.45, 2.75) is 20.3 Å². The van der Waals surface area contributed by atoms with E-state index in [1.807, 2.05) is 32.0 Å². The Balaban J connectivity index is 2.57. The summed E-state index contributed by atoms with van der Waals surface area (Å²) >= 11 is 5.18. The zero-order valence-electron chi connectivity index (χ0n) is 14.1. The van der Waals surface area contributed by atoms with Gasteiger partial charge in [0.15, 0.2) is 5.11 Å². The molecule has 1 aromatic rings. The summed E-state index contributed by atoms with van der Waals surface area (Å²) in [6, 6.07) is 5.56. The van der Waals surface area contributed by atoms with E-state index in [2.05, 4.69) is 15.8 Å². The molecule has 0 aliphatic carbocycles. The quantitative estimate of drug-likeness (QED) is 0.312. The zero-order chi connectivity index (χ0) is 17.1. The van der Waals surface area contributed by atoms with E-state index < -0.39 is 0 Å². The molecule has 1 rings (SSSR count). The Morgan fingerprint density at radius 3 is 2.70 bits per heavy atom. The van der Waals surface area contributed by atoms with Crippen LogP contribution in [0.4, 0.5) is 0 Å². The Morgan fingerprint density at radius 2 is 2.04 bits per heavy atom. The van der Waals surface area contributed by atoms with Crippen LogP contribution < -0.4 is 20.2 Å². The maximum Gasteiger partial charge on any atom is 0.186 e. The van der Waals surface area contributed by atoms with Crippen molar-refractivity contribution in [3.63, 3.8) is 0 Å². The maximum atomic E-state index is 5.35. The van der Waals surface area contributed by atoms with Crippen LogP contribution in [0, 0.1) is 0 Å². The summed E-state index contributed by atoms with van der Waals surface area (Å²) in [5, 5.41) is 7.84. The molecule has 2 N–H and O–H groups in total. The molecule has 0 spiro atoms. The van der Waals surface area contributed by atoms with Crippen LogP contribution in [0.1, 0.15) is 25.8 Å². The molecule has 0 aromatic heterocycles. The molecule has 128 valence electrons. The number of benzene rings is 1. The molecule has 0 radical (unpaired) electrons. The van der Waals surface area contributed by atoms with E-state index in [-0.39, 0.29) is 0 Å². The standard InChI is InChI=1S/C16H25N3O3S/c1-5-22-10-6-9-17-16(23)19-18-12(2)14-11-13(20-3)7-8-15(14)21-4/h7-8,11H,5-6,9-10H2,1-4H3,(H2,17,19,23)/b18-12-. The fraction of sp³-hybridized carbons (Fsp3) is 0.500. The number of thiocarbonyl (C=S) groups is 1. The molecule has 0 aliphatic rings. The number of nitrogens with zero attached hydrogens (tertiary/aromatic N) is 1. The summed E-state index contributed by atoms with van der Waals surface area (Å²) < 4.78 is 15.8. The van der Waals surface area contributed by atoms with Gasteiger partial charge in [-0.2, -0.15) is 5.10 Å². The molecule has 0 atom stereocenters. The van der Waals surface area contributed by atoms with Crippen molar-refractivity contribution in [3.8, 4) is 11.5 Å². The average molecular weight is 339 g/mol. The third-order valence-corrected chi connectivity index (χ3v) is 3.31. The molecule has 0 saturated carbocycles. The predicted octanol–water partition coefficient (Wildman–Crippen LogP) is 2.32. The topological polar surface area (TPSA) is 64.1 Å². The Morgan fingerprint density at radius 1 is 1.26 bits per heavy atom. The smallest absolute Gasteiger partial charge is 0.186 e. The van der Waals surface area contributed by atoms with Crippen molar-refractivity contribution in [1.82, 2.24) is 10.7 Å². The fourth-order valence-electron chi connectivity index (χ4n) is 1.85. The molecule has 0 unspecified atom stereocenters. The SMILES string of the molecule is CCOCCCNC(=S)N/N=C(/C)c1cc(OC)ccc1OC. The van der Waals surface area contributed by atoms with Crippen molar-refractivity contribution < 1.29 is 14.2 Å². The largest absolute Gasteiger partial charge is 0.497 e. The number of rotatable bonds is 9. The van der Waals surface area contributed by atoms with Gasteiger partial charge in [-0.15, -0.1) is 0 Å². The highest BCUT2D eigenvalue weighted by molar-refractivity contribution is 7.80. The van der Waals surface area contributed by atoms with Crippen LogP contribution in [0.3, 0.4) is 0 Å². The minimum absolute atomic E-state index is 0.475. The van der Waals surface area contributed by atoms with Gasteiger partial charge in [0.2, 0.25) is 0 Å². The molecule has 0 heterocycles. The second kappa shape index (κ2) is 10.8. The lowest BCUT2D eigenvalue weighted by Gasteiger charge is -2.11.